The molecule has 0 heterocycles. The molecule has 0 radical (unpaired) electrons. The number of carbonyl (C=O) groups is 3. The number of ether oxygens (including phenoxy) is 3. The molecular formula is C19H18ClNO6. The van der Waals surface area contributed by atoms with E-state index in [-0.39, 0.29) is 16.8 Å². The Morgan fingerprint density at radius 3 is 2.04 bits per heavy atom. The van der Waals surface area contributed by atoms with Gasteiger partial charge in [0.2, 0.25) is 0 Å². The van der Waals surface area contributed by atoms with Gasteiger partial charge in [-0.15, -0.1) is 0 Å². The Balaban J connectivity index is 2.35. The molecular weight excluding hydrogens is 374 g/mol. The van der Waals surface area contributed by atoms with Gasteiger partial charge in [0.1, 0.15) is 5.75 Å². The third-order valence-corrected chi connectivity index (χ3v) is 3.84. The Bertz CT molecular complexity index is 846. The molecule has 0 bridgehead atoms. The van der Waals surface area contributed by atoms with E-state index in [1.54, 1.807) is 13.0 Å². The fourth-order valence-electron chi connectivity index (χ4n) is 2.29. The van der Waals surface area contributed by atoms with Crippen molar-refractivity contribution >= 4 is 35.1 Å². The van der Waals surface area contributed by atoms with Gasteiger partial charge in [-0.1, -0.05) is 11.6 Å². The van der Waals surface area contributed by atoms with E-state index >= 15 is 0 Å². The van der Waals surface area contributed by atoms with Crippen LogP contribution in [0.1, 0.15) is 38.0 Å². The molecule has 0 saturated heterocycles. The van der Waals surface area contributed by atoms with Gasteiger partial charge in [0.15, 0.2) is 0 Å². The monoisotopic (exact) mass is 391 g/mol. The van der Waals surface area contributed by atoms with Crippen molar-refractivity contribution < 1.29 is 28.6 Å². The Kier molecular flexibility index (Phi) is 6.79. The minimum absolute atomic E-state index is 0.0989. The van der Waals surface area contributed by atoms with Crippen LogP contribution in [0.2, 0.25) is 5.02 Å². The van der Waals surface area contributed by atoms with Crippen LogP contribution in [0, 0.1) is 0 Å². The van der Waals surface area contributed by atoms with Crippen molar-refractivity contribution in [2.75, 3.05) is 26.1 Å². The lowest BCUT2D eigenvalue weighted by Gasteiger charge is -2.11. The van der Waals surface area contributed by atoms with Gasteiger partial charge in [-0.3, -0.25) is 4.79 Å². The van der Waals surface area contributed by atoms with Crippen LogP contribution < -0.4 is 10.1 Å². The number of amides is 1. The van der Waals surface area contributed by atoms with E-state index in [2.05, 4.69) is 14.8 Å². The molecule has 2 aromatic carbocycles. The molecule has 0 fully saturated rings. The molecule has 0 atom stereocenters. The predicted octanol–water partition coefficient (Wildman–Crippen LogP) is 3.56. The zero-order valence-electron chi connectivity index (χ0n) is 15.0. The van der Waals surface area contributed by atoms with Crippen molar-refractivity contribution in [3.05, 3.63) is 58.1 Å². The molecule has 8 heteroatoms. The van der Waals surface area contributed by atoms with Gasteiger partial charge in [-0.2, -0.15) is 0 Å². The minimum Gasteiger partial charge on any atom is -0.492 e. The largest absolute Gasteiger partial charge is 0.492 e. The fraction of sp³-hybridized carbons (Fsp3) is 0.211. The maximum absolute atomic E-state index is 12.5. The molecule has 0 aliphatic heterocycles. The van der Waals surface area contributed by atoms with E-state index in [1.807, 2.05) is 0 Å². The standard InChI is InChI=1S/C19H18ClNO6/c1-4-27-16-10-11(5-6-15(16)20)17(22)21-14-8-12(18(23)25-2)7-13(9-14)19(24)26-3/h5-10H,4H2,1-3H3,(H,21,22). The minimum atomic E-state index is -0.652. The lowest BCUT2D eigenvalue weighted by molar-refractivity contribution is 0.0599. The van der Waals surface area contributed by atoms with Crippen molar-refractivity contribution in [2.45, 2.75) is 6.92 Å². The van der Waals surface area contributed by atoms with Gasteiger partial charge in [-0.25, -0.2) is 9.59 Å². The summed E-state index contributed by atoms with van der Waals surface area (Å²) in [6.07, 6.45) is 0. The summed E-state index contributed by atoms with van der Waals surface area (Å²) in [5, 5.41) is 3.02. The first-order valence-electron chi connectivity index (χ1n) is 7.95. The number of anilines is 1. The van der Waals surface area contributed by atoms with E-state index in [1.165, 1.54) is 44.6 Å². The van der Waals surface area contributed by atoms with E-state index in [0.29, 0.717) is 22.9 Å². The molecule has 1 N–H and O–H groups in total. The van der Waals surface area contributed by atoms with E-state index in [0.717, 1.165) is 0 Å². The average molecular weight is 392 g/mol. The summed E-state index contributed by atoms with van der Waals surface area (Å²) in [5.41, 5.74) is 0.728. The van der Waals surface area contributed by atoms with Gasteiger partial charge in [0, 0.05) is 11.3 Å². The molecule has 0 aromatic heterocycles. The van der Waals surface area contributed by atoms with Crippen LogP contribution >= 0.6 is 11.6 Å². The van der Waals surface area contributed by atoms with Crippen molar-refractivity contribution in [3.8, 4) is 5.75 Å². The molecule has 142 valence electrons. The van der Waals surface area contributed by atoms with E-state index in [9.17, 15) is 14.4 Å². The summed E-state index contributed by atoms with van der Waals surface area (Å²) in [6, 6.07) is 8.71. The lowest BCUT2D eigenvalue weighted by atomic mass is 10.1. The first-order chi connectivity index (χ1) is 12.9. The van der Waals surface area contributed by atoms with Crippen LogP contribution in [0.15, 0.2) is 36.4 Å². The molecule has 2 rings (SSSR count). The molecule has 0 aliphatic carbocycles. The van der Waals surface area contributed by atoms with Crippen LogP contribution in [-0.2, 0) is 9.47 Å². The smallest absolute Gasteiger partial charge is 0.337 e. The average Bonchev–Trinajstić information content (AvgIpc) is 2.68. The zero-order valence-corrected chi connectivity index (χ0v) is 15.8. The third-order valence-electron chi connectivity index (χ3n) is 3.53. The van der Waals surface area contributed by atoms with Gasteiger partial charge >= 0.3 is 11.9 Å². The summed E-state index contributed by atoms with van der Waals surface area (Å²) < 4.78 is 14.7. The van der Waals surface area contributed by atoms with Crippen LogP contribution in [0.25, 0.3) is 0 Å². The van der Waals surface area contributed by atoms with Crippen molar-refractivity contribution in [1.29, 1.82) is 0 Å². The highest BCUT2D eigenvalue weighted by atomic mass is 35.5. The highest BCUT2D eigenvalue weighted by Crippen LogP contribution is 2.26. The van der Waals surface area contributed by atoms with Gasteiger partial charge in [0.25, 0.3) is 5.91 Å². The number of hydrogen-bond donors (Lipinski definition) is 1. The molecule has 0 unspecified atom stereocenters. The topological polar surface area (TPSA) is 90.9 Å². The number of methoxy groups -OCH3 is 2. The maximum Gasteiger partial charge on any atom is 0.337 e. The molecule has 27 heavy (non-hydrogen) atoms. The summed E-state index contributed by atoms with van der Waals surface area (Å²) in [5.74, 6) is -1.39. The summed E-state index contributed by atoms with van der Waals surface area (Å²) in [7, 11) is 2.43. The van der Waals surface area contributed by atoms with Crippen molar-refractivity contribution in [2.24, 2.45) is 0 Å². The van der Waals surface area contributed by atoms with Crippen molar-refractivity contribution in [3.63, 3.8) is 0 Å². The second-order valence-electron chi connectivity index (χ2n) is 5.31. The number of carbonyl (C=O) groups excluding carboxylic acids is 3. The summed E-state index contributed by atoms with van der Waals surface area (Å²) >= 11 is 6.02. The quantitative estimate of drug-likeness (QED) is 0.757. The van der Waals surface area contributed by atoms with Gasteiger partial charge < -0.3 is 19.5 Å². The maximum atomic E-state index is 12.5. The zero-order chi connectivity index (χ0) is 20.0. The van der Waals surface area contributed by atoms with Crippen LogP contribution in [-0.4, -0.2) is 38.7 Å². The molecule has 1 amide bonds. The first kappa shape index (κ1) is 20.3. The second kappa shape index (κ2) is 9.05. The Morgan fingerprint density at radius 1 is 0.926 bits per heavy atom. The number of rotatable bonds is 6. The fourth-order valence-corrected chi connectivity index (χ4v) is 2.46. The van der Waals surface area contributed by atoms with Crippen LogP contribution in [0.4, 0.5) is 5.69 Å². The number of nitrogens with one attached hydrogen (secondary N) is 1. The SMILES string of the molecule is CCOc1cc(C(=O)Nc2cc(C(=O)OC)cc(C(=O)OC)c2)ccc1Cl. The first-order valence-corrected chi connectivity index (χ1v) is 8.32. The molecule has 0 aliphatic rings. The Labute approximate surface area is 161 Å². The molecule has 7 nitrogen and oxygen atoms in total. The highest BCUT2D eigenvalue weighted by molar-refractivity contribution is 6.32. The van der Waals surface area contributed by atoms with Crippen molar-refractivity contribution in [1.82, 2.24) is 0 Å². The lowest BCUT2D eigenvalue weighted by Crippen LogP contribution is -2.14. The molecule has 0 spiro atoms. The number of hydrogen-bond acceptors (Lipinski definition) is 6. The Morgan fingerprint density at radius 2 is 1.52 bits per heavy atom. The molecule has 2 aromatic rings. The van der Waals surface area contributed by atoms with Gasteiger partial charge in [0.05, 0.1) is 37.0 Å². The number of halogens is 1. The van der Waals surface area contributed by atoms with Crippen LogP contribution in [0.3, 0.4) is 0 Å². The second-order valence-corrected chi connectivity index (χ2v) is 5.72. The molecule has 0 saturated carbocycles. The summed E-state index contributed by atoms with van der Waals surface area (Å²) in [6.45, 7) is 2.20. The normalized spacial score (nSPS) is 10.1. The number of benzene rings is 2. The summed E-state index contributed by atoms with van der Waals surface area (Å²) in [4.78, 5) is 36.2. The van der Waals surface area contributed by atoms with E-state index in [4.69, 9.17) is 16.3 Å². The van der Waals surface area contributed by atoms with E-state index < -0.39 is 17.8 Å². The highest BCUT2D eigenvalue weighted by Gasteiger charge is 2.16. The van der Waals surface area contributed by atoms with Crippen LogP contribution in [0.5, 0.6) is 5.75 Å². The number of esters is 2. The van der Waals surface area contributed by atoms with Gasteiger partial charge in [-0.05, 0) is 43.3 Å². The third kappa shape index (κ3) is 4.98. The Hall–Kier alpha value is -3.06. The predicted molar refractivity (Wildman–Crippen MR) is 99.7 cm³/mol.